The minimum atomic E-state index is 0.903. The fourth-order valence-electron chi connectivity index (χ4n) is 1.16. The summed E-state index contributed by atoms with van der Waals surface area (Å²) in [6.45, 7) is 6.03. The Bertz CT molecular complexity index is 290. The smallest absolute Gasteiger partial charge is 0.155 e. The molecule has 1 aliphatic rings. The van der Waals surface area contributed by atoms with Gasteiger partial charge in [-0.2, -0.15) is 0 Å². The second kappa shape index (κ2) is 4.00. The molecule has 2 heterocycles. The van der Waals surface area contributed by atoms with Gasteiger partial charge in [-0.15, -0.1) is 0 Å². The molecular weight excluding hydrogens is 148 g/mol. The average Bonchev–Trinajstić information content (AvgIpc) is 2.48. The molecule has 1 aliphatic heterocycles. The molecule has 0 amide bonds. The highest BCUT2D eigenvalue weighted by Crippen LogP contribution is 2.22. The van der Waals surface area contributed by atoms with Gasteiger partial charge in [0.05, 0.1) is 0 Å². The van der Waals surface area contributed by atoms with Crippen LogP contribution in [0.3, 0.4) is 0 Å². The second-order valence-corrected chi connectivity index (χ2v) is 2.51. The number of hydrogen-bond donors (Lipinski definition) is 0. The zero-order valence-corrected chi connectivity index (χ0v) is 7.83. The zero-order valence-electron chi connectivity index (χ0n) is 7.83. The van der Waals surface area contributed by atoms with E-state index in [-0.39, 0.29) is 0 Å². The van der Waals surface area contributed by atoms with Crippen LogP contribution in [0.15, 0.2) is 23.3 Å². The lowest BCUT2D eigenvalue weighted by Crippen LogP contribution is -1.87. The molecule has 0 fully saturated rings. The standard InChI is InChI=1S/C8H8N2.C2H6/c1-6-5-7-3-2-4-9-8(7)10-6;1-2/h2-4H,5H2,1H3;1-2H3. The molecule has 0 saturated heterocycles. The number of rotatable bonds is 0. The molecule has 0 aromatic carbocycles. The van der Waals surface area contributed by atoms with Gasteiger partial charge in [-0.1, -0.05) is 19.9 Å². The molecule has 0 aliphatic carbocycles. The number of aromatic nitrogens is 1. The van der Waals surface area contributed by atoms with Crippen LogP contribution in [0.2, 0.25) is 0 Å². The maximum absolute atomic E-state index is 4.26. The molecule has 0 radical (unpaired) electrons. The molecule has 2 nitrogen and oxygen atoms in total. The first-order chi connectivity index (χ1) is 5.86. The predicted molar refractivity (Wildman–Crippen MR) is 52.1 cm³/mol. The van der Waals surface area contributed by atoms with E-state index in [1.807, 2.05) is 26.8 Å². The van der Waals surface area contributed by atoms with Crippen LogP contribution in [0.5, 0.6) is 0 Å². The zero-order chi connectivity index (χ0) is 8.97. The van der Waals surface area contributed by atoms with Crippen molar-refractivity contribution < 1.29 is 0 Å². The van der Waals surface area contributed by atoms with Crippen LogP contribution in [-0.4, -0.2) is 10.7 Å². The maximum atomic E-state index is 4.26. The third-order valence-corrected chi connectivity index (χ3v) is 1.61. The average molecular weight is 162 g/mol. The van der Waals surface area contributed by atoms with Crippen molar-refractivity contribution >= 4 is 11.5 Å². The lowest BCUT2D eigenvalue weighted by atomic mass is 10.2. The molecular formula is C10H14N2. The quantitative estimate of drug-likeness (QED) is 0.575. The van der Waals surface area contributed by atoms with Crippen molar-refractivity contribution in [1.82, 2.24) is 4.98 Å². The van der Waals surface area contributed by atoms with Crippen LogP contribution in [-0.2, 0) is 6.42 Å². The van der Waals surface area contributed by atoms with Crippen LogP contribution in [0.4, 0.5) is 5.82 Å². The molecule has 0 spiro atoms. The van der Waals surface area contributed by atoms with Gasteiger partial charge in [-0.05, 0) is 13.0 Å². The Kier molecular flexibility index (Phi) is 2.97. The van der Waals surface area contributed by atoms with Crippen LogP contribution in [0.25, 0.3) is 0 Å². The highest BCUT2D eigenvalue weighted by Gasteiger charge is 2.09. The highest BCUT2D eigenvalue weighted by atomic mass is 14.9. The fourth-order valence-corrected chi connectivity index (χ4v) is 1.16. The highest BCUT2D eigenvalue weighted by molar-refractivity contribution is 5.90. The lowest BCUT2D eigenvalue weighted by Gasteiger charge is -1.90. The summed E-state index contributed by atoms with van der Waals surface area (Å²) in [5.74, 6) is 0.903. The fraction of sp³-hybridized carbons (Fsp3) is 0.400. The largest absolute Gasteiger partial charge is 0.238 e. The topological polar surface area (TPSA) is 25.2 Å². The first-order valence-corrected chi connectivity index (χ1v) is 4.34. The number of hydrogen-bond acceptors (Lipinski definition) is 2. The van der Waals surface area contributed by atoms with Crippen molar-refractivity contribution in [3.8, 4) is 0 Å². The first-order valence-electron chi connectivity index (χ1n) is 4.34. The summed E-state index contributed by atoms with van der Waals surface area (Å²) in [7, 11) is 0. The Labute approximate surface area is 73.4 Å². The van der Waals surface area contributed by atoms with E-state index >= 15 is 0 Å². The van der Waals surface area contributed by atoms with Gasteiger partial charge in [-0.3, -0.25) is 0 Å². The normalized spacial score (nSPS) is 12.8. The Morgan fingerprint density at radius 3 is 2.75 bits per heavy atom. The summed E-state index contributed by atoms with van der Waals surface area (Å²) in [6, 6.07) is 4.02. The molecule has 64 valence electrons. The van der Waals surface area contributed by atoms with E-state index in [9.17, 15) is 0 Å². The van der Waals surface area contributed by atoms with E-state index < -0.39 is 0 Å². The summed E-state index contributed by atoms with van der Waals surface area (Å²) in [5.41, 5.74) is 2.41. The van der Waals surface area contributed by atoms with Gasteiger partial charge < -0.3 is 0 Å². The number of nitrogens with zero attached hydrogens (tertiary/aromatic N) is 2. The van der Waals surface area contributed by atoms with Crippen LogP contribution >= 0.6 is 0 Å². The number of fused-ring (bicyclic) bond motifs is 1. The Hall–Kier alpha value is -1.18. The summed E-state index contributed by atoms with van der Waals surface area (Å²) in [5, 5.41) is 0. The second-order valence-electron chi connectivity index (χ2n) is 2.51. The Morgan fingerprint density at radius 1 is 1.33 bits per heavy atom. The van der Waals surface area contributed by atoms with E-state index in [4.69, 9.17) is 0 Å². The van der Waals surface area contributed by atoms with E-state index in [1.54, 1.807) is 6.20 Å². The third-order valence-electron chi connectivity index (χ3n) is 1.61. The van der Waals surface area contributed by atoms with E-state index in [1.165, 1.54) is 5.56 Å². The lowest BCUT2D eigenvalue weighted by molar-refractivity contribution is 1.25. The third kappa shape index (κ3) is 1.70. The van der Waals surface area contributed by atoms with Gasteiger partial charge in [0.25, 0.3) is 0 Å². The van der Waals surface area contributed by atoms with Crippen molar-refractivity contribution in [3.05, 3.63) is 23.9 Å². The van der Waals surface area contributed by atoms with Crippen molar-refractivity contribution in [2.45, 2.75) is 27.2 Å². The molecule has 2 heteroatoms. The summed E-state index contributed by atoms with van der Waals surface area (Å²) in [6.07, 6.45) is 2.75. The molecule has 0 N–H and O–H groups in total. The molecule has 0 atom stereocenters. The van der Waals surface area contributed by atoms with E-state index in [0.29, 0.717) is 0 Å². The monoisotopic (exact) mass is 162 g/mol. The van der Waals surface area contributed by atoms with Crippen molar-refractivity contribution in [2.75, 3.05) is 0 Å². The van der Waals surface area contributed by atoms with Crippen LogP contribution in [0.1, 0.15) is 26.3 Å². The molecule has 12 heavy (non-hydrogen) atoms. The van der Waals surface area contributed by atoms with Gasteiger partial charge in [-0.25, -0.2) is 9.98 Å². The predicted octanol–water partition coefficient (Wildman–Crippen LogP) is 2.76. The van der Waals surface area contributed by atoms with Gasteiger partial charge >= 0.3 is 0 Å². The molecule has 0 saturated carbocycles. The SMILES string of the molecule is CC.CC1=Nc2ncccc2C1. The first kappa shape index (κ1) is 8.91. The van der Waals surface area contributed by atoms with Gasteiger partial charge in [0.1, 0.15) is 0 Å². The van der Waals surface area contributed by atoms with Crippen molar-refractivity contribution in [3.63, 3.8) is 0 Å². The number of aliphatic imine (C=N–C) groups is 1. The molecule has 2 rings (SSSR count). The minimum absolute atomic E-state index is 0.903. The summed E-state index contributed by atoms with van der Waals surface area (Å²) >= 11 is 0. The summed E-state index contributed by atoms with van der Waals surface area (Å²) in [4.78, 5) is 8.38. The van der Waals surface area contributed by atoms with Crippen LogP contribution < -0.4 is 0 Å². The molecule has 1 aromatic rings. The molecule has 0 unspecified atom stereocenters. The Balaban J connectivity index is 0.000000336. The van der Waals surface area contributed by atoms with Crippen molar-refractivity contribution in [2.24, 2.45) is 4.99 Å². The minimum Gasteiger partial charge on any atom is -0.238 e. The molecule has 0 bridgehead atoms. The van der Waals surface area contributed by atoms with Crippen LogP contribution in [0, 0.1) is 0 Å². The molecule has 1 aromatic heterocycles. The van der Waals surface area contributed by atoms with Gasteiger partial charge in [0.15, 0.2) is 5.82 Å². The number of pyridine rings is 1. The van der Waals surface area contributed by atoms with Gasteiger partial charge in [0, 0.05) is 23.9 Å². The van der Waals surface area contributed by atoms with E-state index in [0.717, 1.165) is 18.0 Å². The van der Waals surface area contributed by atoms with Crippen molar-refractivity contribution in [1.29, 1.82) is 0 Å². The van der Waals surface area contributed by atoms with E-state index in [2.05, 4.69) is 16.0 Å². The van der Waals surface area contributed by atoms with Gasteiger partial charge in [0.2, 0.25) is 0 Å². The summed E-state index contributed by atoms with van der Waals surface area (Å²) < 4.78 is 0. The Morgan fingerprint density at radius 2 is 2.08 bits per heavy atom. The maximum Gasteiger partial charge on any atom is 0.155 e.